The minimum Gasteiger partial charge on any atom is -0.349 e. The molecule has 0 saturated carbocycles. The summed E-state index contributed by atoms with van der Waals surface area (Å²) in [6.45, 7) is 4.27. The van der Waals surface area contributed by atoms with Crippen LogP contribution in [-0.2, 0) is 6.54 Å². The molecular weight excluding hydrogens is 322 g/mol. The third-order valence-electron chi connectivity index (χ3n) is 4.24. The van der Waals surface area contributed by atoms with Gasteiger partial charge in [0.05, 0.1) is 16.1 Å². The van der Waals surface area contributed by atoms with Gasteiger partial charge in [0, 0.05) is 37.3 Å². The van der Waals surface area contributed by atoms with Gasteiger partial charge in [0.2, 0.25) is 0 Å². The summed E-state index contributed by atoms with van der Waals surface area (Å²) in [6.07, 6.45) is 3.68. The topological polar surface area (TPSA) is 62.3 Å². The molecule has 0 bridgehead atoms. The number of piperidine rings is 1. The molecule has 126 valence electrons. The van der Waals surface area contributed by atoms with Gasteiger partial charge in [-0.05, 0) is 38.0 Å². The number of hydrogen-bond donors (Lipinski definition) is 1. The molecule has 1 amide bonds. The number of carbonyl (C=O) groups is 2. The van der Waals surface area contributed by atoms with Gasteiger partial charge in [-0.2, -0.15) is 0 Å². The normalized spacial score (nSPS) is 16.0. The van der Waals surface area contributed by atoms with E-state index in [-0.39, 0.29) is 17.7 Å². The van der Waals surface area contributed by atoms with Gasteiger partial charge in [-0.25, -0.2) is 0 Å². The highest BCUT2D eigenvalue weighted by atomic mass is 32.1. The molecule has 0 aliphatic carbocycles. The third kappa shape index (κ3) is 4.27. The summed E-state index contributed by atoms with van der Waals surface area (Å²) in [4.78, 5) is 31.0. The lowest BCUT2D eigenvalue weighted by atomic mass is 10.0. The summed E-state index contributed by atoms with van der Waals surface area (Å²) in [6, 6.07) is 7.84. The molecule has 0 aromatic carbocycles. The largest absolute Gasteiger partial charge is 0.349 e. The summed E-state index contributed by atoms with van der Waals surface area (Å²) in [5, 5.41) is 4.84. The van der Waals surface area contributed by atoms with E-state index in [2.05, 4.69) is 15.2 Å². The highest BCUT2D eigenvalue weighted by Crippen LogP contribution is 2.17. The van der Waals surface area contributed by atoms with E-state index >= 15 is 0 Å². The van der Waals surface area contributed by atoms with E-state index in [0.717, 1.165) is 38.2 Å². The average molecular weight is 343 g/mol. The molecule has 1 aliphatic rings. The zero-order valence-electron chi connectivity index (χ0n) is 13.7. The van der Waals surface area contributed by atoms with E-state index in [1.807, 2.05) is 24.4 Å². The maximum absolute atomic E-state index is 12.3. The highest BCUT2D eigenvalue weighted by Gasteiger charge is 2.22. The molecule has 5 nitrogen and oxygen atoms in total. The van der Waals surface area contributed by atoms with Gasteiger partial charge in [0.25, 0.3) is 5.91 Å². The molecule has 3 rings (SSSR count). The van der Waals surface area contributed by atoms with Crippen molar-refractivity contribution in [3.05, 3.63) is 52.0 Å². The van der Waals surface area contributed by atoms with E-state index in [1.165, 1.54) is 18.3 Å². The SMILES string of the molecule is CC(=O)c1cc(C(=O)NC2CCN(Cc3ccccn3)CC2)cs1. The fourth-order valence-electron chi connectivity index (χ4n) is 2.86. The first kappa shape index (κ1) is 16.8. The molecule has 0 atom stereocenters. The summed E-state index contributed by atoms with van der Waals surface area (Å²) in [5.74, 6) is -0.0798. The Labute approximate surface area is 145 Å². The molecular formula is C18H21N3O2S. The Morgan fingerprint density at radius 1 is 1.33 bits per heavy atom. The molecule has 1 N–H and O–H groups in total. The zero-order chi connectivity index (χ0) is 16.9. The van der Waals surface area contributed by atoms with Crippen molar-refractivity contribution in [3.63, 3.8) is 0 Å². The summed E-state index contributed by atoms with van der Waals surface area (Å²) in [5.41, 5.74) is 1.66. The van der Waals surface area contributed by atoms with Crippen LogP contribution in [0.1, 0.15) is 45.5 Å². The summed E-state index contributed by atoms with van der Waals surface area (Å²) >= 11 is 1.32. The predicted octanol–water partition coefficient (Wildman–Crippen LogP) is 2.74. The number of nitrogens with zero attached hydrogens (tertiary/aromatic N) is 2. The molecule has 0 spiro atoms. The number of rotatable bonds is 5. The van der Waals surface area contributed by atoms with Crippen LogP contribution in [-0.4, -0.2) is 40.7 Å². The minimum absolute atomic E-state index is 0.00174. The van der Waals surface area contributed by atoms with Crippen LogP contribution in [0.3, 0.4) is 0 Å². The van der Waals surface area contributed by atoms with Crippen molar-refractivity contribution in [1.29, 1.82) is 0 Å². The summed E-state index contributed by atoms with van der Waals surface area (Å²) < 4.78 is 0. The first-order valence-corrected chi connectivity index (χ1v) is 9.02. The second-order valence-corrected chi connectivity index (χ2v) is 7.01. The van der Waals surface area contributed by atoms with Crippen LogP contribution in [0, 0.1) is 0 Å². The smallest absolute Gasteiger partial charge is 0.252 e. The molecule has 2 aromatic heterocycles. The van der Waals surface area contributed by atoms with E-state index in [4.69, 9.17) is 0 Å². The first-order valence-electron chi connectivity index (χ1n) is 8.14. The molecule has 0 radical (unpaired) electrons. The van der Waals surface area contributed by atoms with Gasteiger partial charge in [0.15, 0.2) is 5.78 Å². The molecule has 2 aromatic rings. The number of aromatic nitrogens is 1. The number of carbonyl (C=O) groups excluding carboxylic acids is 2. The number of Topliss-reactive ketones (excluding diaryl/α,β-unsaturated/α-hetero) is 1. The average Bonchev–Trinajstić information content (AvgIpc) is 3.08. The maximum atomic E-state index is 12.3. The highest BCUT2D eigenvalue weighted by molar-refractivity contribution is 7.12. The van der Waals surface area contributed by atoms with Crippen molar-refractivity contribution in [3.8, 4) is 0 Å². The van der Waals surface area contributed by atoms with Gasteiger partial charge >= 0.3 is 0 Å². The number of nitrogens with one attached hydrogen (secondary N) is 1. The van der Waals surface area contributed by atoms with Gasteiger partial charge < -0.3 is 5.32 Å². The van der Waals surface area contributed by atoms with Crippen molar-refractivity contribution in [2.24, 2.45) is 0 Å². The monoisotopic (exact) mass is 343 g/mol. The van der Waals surface area contributed by atoms with Crippen molar-refractivity contribution in [1.82, 2.24) is 15.2 Å². The molecule has 1 aliphatic heterocycles. The number of hydrogen-bond acceptors (Lipinski definition) is 5. The lowest BCUT2D eigenvalue weighted by Gasteiger charge is -2.32. The van der Waals surface area contributed by atoms with Crippen LogP contribution >= 0.6 is 11.3 Å². The lowest BCUT2D eigenvalue weighted by Crippen LogP contribution is -2.44. The fourth-order valence-corrected chi connectivity index (χ4v) is 3.65. The Balaban J connectivity index is 1.48. The van der Waals surface area contributed by atoms with E-state index in [0.29, 0.717) is 10.4 Å². The van der Waals surface area contributed by atoms with Crippen molar-refractivity contribution in [2.75, 3.05) is 13.1 Å². The van der Waals surface area contributed by atoms with Crippen molar-refractivity contribution >= 4 is 23.0 Å². The Morgan fingerprint density at radius 2 is 2.12 bits per heavy atom. The Kier molecular flexibility index (Phi) is 5.37. The van der Waals surface area contributed by atoms with Crippen LogP contribution in [0.15, 0.2) is 35.8 Å². The van der Waals surface area contributed by atoms with Crippen LogP contribution in [0.5, 0.6) is 0 Å². The van der Waals surface area contributed by atoms with Crippen LogP contribution < -0.4 is 5.32 Å². The standard InChI is InChI=1S/C18H21N3O2S/c1-13(22)17-10-14(12-24-17)18(23)20-15-5-8-21(9-6-15)11-16-4-2-3-7-19-16/h2-4,7,10,12,15H,5-6,8-9,11H2,1H3,(H,20,23). The van der Waals surface area contributed by atoms with Gasteiger partial charge in [0.1, 0.15) is 0 Å². The number of likely N-dealkylation sites (tertiary alicyclic amines) is 1. The van der Waals surface area contributed by atoms with Crippen molar-refractivity contribution in [2.45, 2.75) is 32.4 Å². The number of thiophene rings is 1. The van der Waals surface area contributed by atoms with Crippen LogP contribution in [0.4, 0.5) is 0 Å². The zero-order valence-corrected chi connectivity index (χ0v) is 14.5. The minimum atomic E-state index is -0.0815. The van der Waals surface area contributed by atoms with E-state index in [1.54, 1.807) is 11.4 Å². The number of amides is 1. The van der Waals surface area contributed by atoms with Crippen LogP contribution in [0.2, 0.25) is 0 Å². The van der Waals surface area contributed by atoms with Gasteiger partial charge in [-0.1, -0.05) is 6.07 Å². The number of ketones is 1. The van der Waals surface area contributed by atoms with E-state index < -0.39 is 0 Å². The Hall–Kier alpha value is -2.05. The molecule has 1 fully saturated rings. The third-order valence-corrected chi connectivity index (χ3v) is 5.27. The molecule has 3 heterocycles. The van der Waals surface area contributed by atoms with Gasteiger partial charge in [-0.15, -0.1) is 11.3 Å². The predicted molar refractivity (Wildman–Crippen MR) is 94.3 cm³/mol. The second-order valence-electron chi connectivity index (χ2n) is 6.10. The molecule has 1 saturated heterocycles. The van der Waals surface area contributed by atoms with E-state index in [9.17, 15) is 9.59 Å². The fraction of sp³-hybridized carbons (Fsp3) is 0.389. The first-order chi connectivity index (χ1) is 11.6. The molecule has 0 unspecified atom stereocenters. The van der Waals surface area contributed by atoms with Crippen LogP contribution in [0.25, 0.3) is 0 Å². The quantitative estimate of drug-likeness (QED) is 0.848. The second kappa shape index (κ2) is 7.68. The maximum Gasteiger partial charge on any atom is 0.252 e. The Bertz CT molecular complexity index is 706. The Morgan fingerprint density at radius 3 is 2.75 bits per heavy atom. The summed E-state index contributed by atoms with van der Waals surface area (Å²) in [7, 11) is 0. The van der Waals surface area contributed by atoms with Crippen molar-refractivity contribution < 1.29 is 9.59 Å². The van der Waals surface area contributed by atoms with Gasteiger partial charge in [-0.3, -0.25) is 19.5 Å². The molecule has 24 heavy (non-hydrogen) atoms. The molecule has 6 heteroatoms. The lowest BCUT2D eigenvalue weighted by molar-refractivity contribution is 0.0909. The number of pyridine rings is 1.